The van der Waals surface area contributed by atoms with Crippen LogP contribution in [0.5, 0.6) is 5.75 Å². The summed E-state index contributed by atoms with van der Waals surface area (Å²) < 4.78 is 6.24. The lowest BCUT2D eigenvalue weighted by molar-refractivity contribution is 0.0930. The van der Waals surface area contributed by atoms with Crippen molar-refractivity contribution < 1.29 is 9.53 Å². The molecule has 0 saturated heterocycles. The van der Waals surface area contributed by atoms with Crippen LogP contribution >= 0.6 is 15.9 Å². The lowest BCUT2D eigenvalue weighted by Crippen LogP contribution is -2.35. The van der Waals surface area contributed by atoms with Crippen molar-refractivity contribution in [1.29, 1.82) is 0 Å². The minimum Gasteiger partial charge on any atom is -0.497 e. The fourth-order valence-corrected chi connectivity index (χ4v) is 3.83. The second-order valence-corrected chi connectivity index (χ2v) is 7.66. The van der Waals surface area contributed by atoms with E-state index in [9.17, 15) is 4.79 Å². The number of carbonyl (C=O) groups is 1. The fraction of sp³-hybridized carbons (Fsp3) is 0.238. The van der Waals surface area contributed by atoms with Gasteiger partial charge >= 0.3 is 0 Å². The van der Waals surface area contributed by atoms with Crippen LogP contribution in [0, 0.1) is 6.92 Å². The lowest BCUT2D eigenvalue weighted by Gasteiger charge is -2.21. The second kappa shape index (κ2) is 6.40. The van der Waals surface area contributed by atoms with E-state index >= 15 is 0 Å². The number of hydrogen-bond donors (Lipinski definition) is 1. The highest BCUT2D eigenvalue weighted by Gasteiger charge is 2.47. The Labute approximate surface area is 160 Å². The molecule has 1 aliphatic rings. The molecule has 1 aromatic heterocycles. The number of ether oxygens (including phenoxy) is 1. The molecule has 132 valence electrons. The van der Waals surface area contributed by atoms with Gasteiger partial charge in [0.25, 0.3) is 5.91 Å². The molecule has 0 unspecified atom stereocenters. The van der Waals surface area contributed by atoms with Crippen LogP contribution in [-0.2, 0) is 5.54 Å². The quantitative estimate of drug-likeness (QED) is 0.675. The Morgan fingerprint density at radius 2 is 2.04 bits per heavy atom. The van der Waals surface area contributed by atoms with Crippen molar-refractivity contribution in [3.63, 3.8) is 0 Å². The molecule has 1 N–H and O–H groups in total. The Balaban J connectivity index is 1.72. The summed E-state index contributed by atoms with van der Waals surface area (Å²) in [7, 11) is 1.61. The number of aryl methyl sites for hydroxylation is 1. The number of benzene rings is 2. The van der Waals surface area contributed by atoms with Crippen molar-refractivity contribution in [1.82, 2.24) is 10.3 Å². The molecule has 5 heteroatoms. The molecule has 0 bridgehead atoms. The molecule has 4 nitrogen and oxygen atoms in total. The summed E-state index contributed by atoms with van der Waals surface area (Å²) in [6.45, 7) is 1.94. The van der Waals surface area contributed by atoms with Crippen LogP contribution in [0.1, 0.15) is 34.3 Å². The van der Waals surface area contributed by atoms with Crippen LogP contribution in [0.3, 0.4) is 0 Å². The monoisotopic (exact) mass is 410 g/mol. The van der Waals surface area contributed by atoms with E-state index in [1.165, 1.54) is 0 Å². The molecule has 1 amide bonds. The molecular formula is C21H19BrN2O2. The minimum absolute atomic E-state index is 0.0732. The van der Waals surface area contributed by atoms with Gasteiger partial charge < -0.3 is 10.1 Å². The van der Waals surface area contributed by atoms with Gasteiger partial charge in [-0.3, -0.25) is 9.78 Å². The first-order chi connectivity index (χ1) is 12.5. The van der Waals surface area contributed by atoms with Gasteiger partial charge in [-0.05, 0) is 61.2 Å². The largest absolute Gasteiger partial charge is 0.497 e. The van der Waals surface area contributed by atoms with E-state index in [1.807, 2.05) is 31.2 Å². The molecule has 1 aliphatic carbocycles. The highest BCUT2D eigenvalue weighted by atomic mass is 79.9. The molecule has 1 fully saturated rings. The lowest BCUT2D eigenvalue weighted by atomic mass is 9.98. The number of nitrogens with one attached hydrogen (secondary N) is 1. The molecule has 1 heterocycles. The maximum absolute atomic E-state index is 13.0. The van der Waals surface area contributed by atoms with Crippen molar-refractivity contribution in [2.24, 2.45) is 0 Å². The molecule has 26 heavy (non-hydrogen) atoms. The van der Waals surface area contributed by atoms with E-state index in [2.05, 4.69) is 38.4 Å². The van der Waals surface area contributed by atoms with Crippen molar-refractivity contribution in [3.8, 4) is 5.75 Å². The van der Waals surface area contributed by atoms with Gasteiger partial charge in [-0.25, -0.2) is 0 Å². The molecule has 0 radical (unpaired) electrons. The average Bonchev–Trinajstić information content (AvgIpc) is 3.41. The topological polar surface area (TPSA) is 51.2 Å². The SMILES string of the molecule is COc1ccc(C)c(C(=O)NC2(c3cc(Br)cc4ncccc34)CC2)c1. The molecule has 0 atom stereocenters. The summed E-state index contributed by atoms with van der Waals surface area (Å²) in [5.41, 5.74) is 3.28. The molecule has 3 aromatic rings. The molecule has 0 spiro atoms. The van der Waals surface area contributed by atoms with Crippen LogP contribution in [0.15, 0.2) is 53.1 Å². The van der Waals surface area contributed by atoms with E-state index in [0.717, 1.165) is 39.3 Å². The molecule has 1 saturated carbocycles. The summed E-state index contributed by atoms with van der Waals surface area (Å²) in [6.07, 6.45) is 3.63. The maximum Gasteiger partial charge on any atom is 0.252 e. The highest BCUT2D eigenvalue weighted by molar-refractivity contribution is 9.10. The highest BCUT2D eigenvalue weighted by Crippen LogP contribution is 2.48. The van der Waals surface area contributed by atoms with Gasteiger partial charge in [0.2, 0.25) is 0 Å². The Morgan fingerprint density at radius 1 is 1.23 bits per heavy atom. The number of methoxy groups -OCH3 is 1. The normalized spacial score (nSPS) is 14.9. The van der Waals surface area contributed by atoms with Gasteiger partial charge in [0, 0.05) is 21.6 Å². The third kappa shape index (κ3) is 2.97. The summed E-state index contributed by atoms with van der Waals surface area (Å²) in [4.78, 5) is 17.4. The minimum atomic E-state index is -0.336. The summed E-state index contributed by atoms with van der Waals surface area (Å²) in [5, 5.41) is 4.35. The number of pyridine rings is 1. The third-order valence-electron chi connectivity index (χ3n) is 4.99. The number of aromatic nitrogens is 1. The van der Waals surface area contributed by atoms with E-state index in [4.69, 9.17) is 4.74 Å². The third-order valence-corrected chi connectivity index (χ3v) is 5.45. The predicted molar refractivity (Wildman–Crippen MR) is 106 cm³/mol. The van der Waals surface area contributed by atoms with E-state index in [0.29, 0.717) is 11.3 Å². The van der Waals surface area contributed by atoms with Gasteiger partial charge in [0.15, 0.2) is 0 Å². The molecular weight excluding hydrogens is 392 g/mol. The molecule has 4 rings (SSSR count). The first-order valence-corrected chi connectivity index (χ1v) is 9.34. The van der Waals surface area contributed by atoms with Gasteiger partial charge in [0.1, 0.15) is 5.75 Å². The van der Waals surface area contributed by atoms with Crippen molar-refractivity contribution in [3.05, 3.63) is 69.8 Å². The number of halogens is 1. The number of amides is 1. The van der Waals surface area contributed by atoms with Crippen molar-refractivity contribution >= 4 is 32.7 Å². The van der Waals surface area contributed by atoms with Crippen LogP contribution < -0.4 is 10.1 Å². The first kappa shape index (κ1) is 17.0. The van der Waals surface area contributed by atoms with Gasteiger partial charge in [0.05, 0.1) is 18.2 Å². The van der Waals surface area contributed by atoms with Gasteiger partial charge in [-0.15, -0.1) is 0 Å². The average molecular weight is 411 g/mol. The summed E-state index contributed by atoms with van der Waals surface area (Å²) in [5.74, 6) is 0.610. The zero-order valence-corrected chi connectivity index (χ0v) is 16.3. The summed E-state index contributed by atoms with van der Waals surface area (Å²) in [6, 6.07) is 13.7. The predicted octanol–water partition coefficient (Wildman–Crippen LogP) is 4.73. The zero-order valence-electron chi connectivity index (χ0n) is 14.7. The Bertz CT molecular complexity index is 1010. The van der Waals surface area contributed by atoms with E-state index in [1.54, 1.807) is 19.4 Å². The number of rotatable bonds is 4. The second-order valence-electron chi connectivity index (χ2n) is 6.74. The van der Waals surface area contributed by atoms with Crippen LogP contribution in [0.2, 0.25) is 0 Å². The van der Waals surface area contributed by atoms with Crippen LogP contribution in [0.25, 0.3) is 10.9 Å². The number of fused-ring (bicyclic) bond motifs is 1. The van der Waals surface area contributed by atoms with E-state index < -0.39 is 0 Å². The Kier molecular flexibility index (Phi) is 4.19. The smallest absolute Gasteiger partial charge is 0.252 e. The standard InChI is InChI=1S/C21H19BrN2O2/c1-13-5-6-15(26-2)12-17(13)20(25)24-21(7-8-21)18-10-14(22)11-19-16(18)4-3-9-23-19/h3-6,9-12H,7-8H2,1-2H3,(H,24,25). The number of carbonyl (C=O) groups excluding carboxylic acids is 1. The van der Waals surface area contributed by atoms with Crippen LogP contribution in [0.4, 0.5) is 0 Å². The Hall–Kier alpha value is -2.40. The Morgan fingerprint density at radius 3 is 2.77 bits per heavy atom. The zero-order chi connectivity index (χ0) is 18.3. The van der Waals surface area contributed by atoms with Crippen molar-refractivity contribution in [2.45, 2.75) is 25.3 Å². The fourth-order valence-electron chi connectivity index (χ4n) is 3.39. The van der Waals surface area contributed by atoms with Gasteiger partial charge in [-0.1, -0.05) is 28.1 Å². The first-order valence-electron chi connectivity index (χ1n) is 8.54. The van der Waals surface area contributed by atoms with Gasteiger partial charge in [-0.2, -0.15) is 0 Å². The molecule has 0 aliphatic heterocycles. The number of nitrogens with zero attached hydrogens (tertiary/aromatic N) is 1. The maximum atomic E-state index is 13.0. The number of hydrogen-bond acceptors (Lipinski definition) is 3. The summed E-state index contributed by atoms with van der Waals surface area (Å²) >= 11 is 3.58. The molecule has 2 aromatic carbocycles. The van der Waals surface area contributed by atoms with Crippen LogP contribution in [-0.4, -0.2) is 18.0 Å². The van der Waals surface area contributed by atoms with E-state index in [-0.39, 0.29) is 11.4 Å². The van der Waals surface area contributed by atoms with Crippen molar-refractivity contribution in [2.75, 3.05) is 7.11 Å².